The zero-order valence-corrected chi connectivity index (χ0v) is 15.8. The smallest absolute Gasteiger partial charge is 0.270 e. The maximum Gasteiger partial charge on any atom is 0.270 e. The summed E-state index contributed by atoms with van der Waals surface area (Å²) in [6.45, 7) is 4.08. The van der Waals surface area contributed by atoms with E-state index in [0.717, 1.165) is 11.3 Å². The standard InChI is InChI=1S/C20H17NO3S2/c1-3-12-24-15-10-8-14(9-11-15)13-18-19(22)21(20(25)26-18)16-6-4-5-7-17(16)23-2/h3-11,13H,1,12H2,2H3/b18-13+. The quantitative estimate of drug-likeness (QED) is 0.412. The number of anilines is 1. The van der Waals surface area contributed by atoms with Gasteiger partial charge in [0.05, 0.1) is 17.7 Å². The topological polar surface area (TPSA) is 38.8 Å². The normalized spacial score (nSPS) is 15.4. The molecule has 0 radical (unpaired) electrons. The van der Waals surface area contributed by atoms with E-state index in [1.165, 1.54) is 16.7 Å². The molecule has 0 aliphatic carbocycles. The van der Waals surface area contributed by atoms with Crippen LogP contribution in [0.1, 0.15) is 5.56 Å². The summed E-state index contributed by atoms with van der Waals surface area (Å²) in [4.78, 5) is 14.9. The molecule has 0 unspecified atom stereocenters. The number of benzene rings is 2. The first-order valence-electron chi connectivity index (χ1n) is 7.89. The Bertz CT molecular complexity index is 875. The fraction of sp³-hybridized carbons (Fsp3) is 0.100. The molecule has 4 nitrogen and oxygen atoms in total. The number of hydrogen-bond donors (Lipinski definition) is 0. The van der Waals surface area contributed by atoms with E-state index in [-0.39, 0.29) is 5.91 Å². The summed E-state index contributed by atoms with van der Waals surface area (Å²) in [6.07, 6.45) is 3.52. The van der Waals surface area contributed by atoms with Crippen molar-refractivity contribution in [2.45, 2.75) is 0 Å². The predicted molar refractivity (Wildman–Crippen MR) is 111 cm³/mol. The SMILES string of the molecule is C=CCOc1ccc(/C=C2/SC(=S)N(c3ccccc3OC)C2=O)cc1. The number of nitrogens with zero attached hydrogens (tertiary/aromatic N) is 1. The van der Waals surface area contributed by atoms with Gasteiger partial charge in [0, 0.05) is 0 Å². The Balaban J connectivity index is 1.84. The van der Waals surface area contributed by atoms with Crippen LogP contribution in [0.3, 0.4) is 0 Å². The molecule has 1 fully saturated rings. The minimum Gasteiger partial charge on any atom is -0.495 e. The first kappa shape index (κ1) is 18.2. The number of thiocarbonyl (C=S) groups is 1. The molecule has 0 N–H and O–H groups in total. The lowest BCUT2D eigenvalue weighted by Gasteiger charge is -2.17. The summed E-state index contributed by atoms with van der Waals surface area (Å²) in [5.74, 6) is 1.20. The average Bonchev–Trinajstić information content (AvgIpc) is 2.94. The monoisotopic (exact) mass is 383 g/mol. The highest BCUT2D eigenvalue weighted by molar-refractivity contribution is 8.27. The van der Waals surface area contributed by atoms with Gasteiger partial charge in [-0.1, -0.05) is 60.9 Å². The van der Waals surface area contributed by atoms with Crippen LogP contribution in [0, 0.1) is 0 Å². The van der Waals surface area contributed by atoms with Gasteiger partial charge in [0.1, 0.15) is 18.1 Å². The van der Waals surface area contributed by atoms with E-state index < -0.39 is 0 Å². The number of ether oxygens (including phenoxy) is 2. The van der Waals surface area contributed by atoms with Crippen LogP contribution in [0.2, 0.25) is 0 Å². The minimum atomic E-state index is -0.156. The molecule has 0 bridgehead atoms. The van der Waals surface area contributed by atoms with Crippen molar-refractivity contribution in [2.75, 3.05) is 18.6 Å². The summed E-state index contributed by atoms with van der Waals surface area (Å²) in [7, 11) is 1.57. The van der Waals surface area contributed by atoms with Crippen LogP contribution in [-0.4, -0.2) is 23.9 Å². The van der Waals surface area contributed by atoms with Crippen molar-refractivity contribution in [1.29, 1.82) is 0 Å². The summed E-state index contributed by atoms with van der Waals surface area (Å²) in [5, 5.41) is 0. The lowest BCUT2D eigenvalue weighted by Crippen LogP contribution is -2.27. The number of methoxy groups -OCH3 is 1. The highest BCUT2D eigenvalue weighted by Crippen LogP contribution is 2.39. The second kappa shape index (κ2) is 8.21. The van der Waals surface area contributed by atoms with Crippen molar-refractivity contribution >= 4 is 46.0 Å². The fourth-order valence-corrected chi connectivity index (χ4v) is 3.74. The van der Waals surface area contributed by atoms with Gasteiger partial charge in [-0.2, -0.15) is 0 Å². The van der Waals surface area contributed by atoms with E-state index in [2.05, 4.69) is 6.58 Å². The molecule has 0 atom stereocenters. The Labute approximate surface area is 162 Å². The Hall–Kier alpha value is -2.57. The first-order chi connectivity index (χ1) is 12.6. The predicted octanol–water partition coefficient (Wildman–Crippen LogP) is 4.67. The molecule has 1 heterocycles. The molecule has 0 aromatic heterocycles. The molecule has 1 saturated heterocycles. The second-order valence-corrected chi connectivity index (χ2v) is 7.03. The summed E-state index contributed by atoms with van der Waals surface area (Å²) >= 11 is 6.69. The van der Waals surface area contributed by atoms with Crippen LogP contribution in [0.5, 0.6) is 11.5 Å². The molecule has 132 valence electrons. The highest BCUT2D eigenvalue weighted by Gasteiger charge is 2.34. The van der Waals surface area contributed by atoms with Crippen molar-refractivity contribution in [3.8, 4) is 11.5 Å². The van der Waals surface area contributed by atoms with Gasteiger partial charge < -0.3 is 9.47 Å². The van der Waals surface area contributed by atoms with Gasteiger partial charge in [0.15, 0.2) is 4.32 Å². The highest BCUT2D eigenvalue weighted by atomic mass is 32.2. The van der Waals surface area contributed by atoms with Crippen molar-refractivity contribution in [2.24, 2.45) is 0 Å². The Morgan fingerprint density at radius 3 is 2.62 bits per heavy atom. The third-order valence-corrected chi connectivity index (χ3v) is 4.97. The maximum atomic E-state index is 12.9. The van der Waals surface area contributed by atoms with Crippen LogP contribution in [0.4, 0.5) is 5.69 Å². The Morgan fingerprint density at radius 1 is 1.19 bits per heavy atom. The summed E-state index contributed by atoms with van der Waals surface area (Å²) in [5.41, 5.74) is 1.55. The zero-order chi connectivity index (χ0) is 18.5. The van der Waals surface area contributed by atoms with Crippen LogP contribution in [-0.2, 0) is 4.79 Å². The third-order valence-electron chi connectivity index (χ3n) is 3.67. The zero-order valence-electron chi connectivity index (χ0n) is 14.2. The number of carbonyl (C=O) groups is 1. The van der Waals surface area contributed by atoms with Gasteiger partial charge >= 0.3 is 0 Å². The van der Waals surface area contributed by atoms with E-state index >= 15 is 0 Å². The summed E-state index contributed by atoms with van der Waals surface area (Å²) in [6, 6.07) is 14.8. The largest absolute Gasteiger partial charge is 0.495 e. The minimum absolute atomic E-state index is 0.156. The number of amides is 1. The summed E-state index contributed by atoms with van der Waals surface area (Å²) < 4.78 is 11.3. The molecule has 0 spiro atoms. The van der Waals surface area contributed by atoms with Crippen LogP contribution >= 0.6 is 24.0 Å². The number of rotatable bonds is 6. The molecule has 1 amide bonds. The number of carbonyl (C=O) groups excluding carboxylic acids is 1. The lowest BCUT2D eigenvalue weighted by atomic mass is 10.2. The van der Waals surface area contributed by atoms with Crippen LogP contribution < -0.4 is 14.4 Å². The van der Waals surface area contributed by atoms with E-state index in [1.807, 2.05) is 48.5 Å². The molecule has 2 aromatic carbocycles. The Morgan fingerprint density at radius 2 is 1.92 bits per heavy atom. The molecule has 1 aliphatic heterocycles. The van der Waals surface area contributed by atoms with E-state index in [4.69, 9.17) is 21.7 Å². The van der Waals surface area contributed by atoms with Gasteiger partial charge in [0.2, 0.25) is 0 Å². The molecule has 3 rings (SSSR count). The van der Waals surface area contributed by atoms with Crippen molar-refractivity contribution in [3.63, 3.8) is 0 Å². The van der Waals surface area contributed by atoms with Crippen LogP contribution in [0.25, 0.3) is 6.08 Å². The van der Waals surface area contributed by atoms with Gasteiger partial charge in [0.25, 0.3) is 5.91 Å². The van der Waals surface area contributed by atoms with Gasteiger partial charge in [-0.3, -0.25) is 9.69 Å². The molecule has 1 aliphatic rings. The maximum absolute atomic E-state index is 12.9. The van der Waals surface area contributed by atoms with Gasteiger partial charge in [-0.25, -0.2) is 0 Å². The van der Waals surface area contributed by atoms with Crippen molar-refractivity contribution in [3.05, 3.63) is 71.7 Å². The number of para-hydroxylation sites is 2. The molecule has 26 heavy (non-hydrogen) atoms. The lowest BCUT2D eigenvalue weighted by molar-refractivity contribution is -0.113. The van der Waals surface area contributed by atoms with Crippen molar-refractivity contribution in [1.82, 2.24) is 0 Å². The van der Waals surface area contributed by atoms with Crippen molar-refractivity contribution < 1.29 is 14.3 Å². The molecular formula is C20H17NO3S2. The van der Waals surface area contributed by atoms with Gasteiger partial charge in [-0.15, -0.1) is 0 Å². The molecular weight excluding hydrogens is 366 g/mol. The van der Waals surface area contributed by atoms with E-state index in [9.17, 15) is 4.79 Å². The van der Waals surface area contributed by atoms with Gasteiger partial charge in [-0.05, 0) is 35.9 Å². The van der Waals surface area contributed by atoms with E-state index in [1.54, 1.807) is 19.3 Å². The Kier molecular flexibility index (Phi) is 5.75. The second-order valence-electron chi connectivity index (χ2n) is 5.36. The fourth-order valence-electron chi connectivity index (χ4n) is 2.46. The molecule has 2 aromatic rings. The first-order valence-corrected chi connectivity index (χ1v) is 9.11. The number of hydrogen-bond acceptors (Lipinski definition) is 5. The average molecular weight is 383 g/mol. The molecule has 0 saturated carbocycles. The number of thioether (sulfide) groups is 1. The molecule has 6 heteroatoms. The van der Waals surface area contributed by atoms with E-state index in [0.29, 0.717) is 27.3 Å². The van der Waals surface area contributed by atoms with Crippen LogP contribution in [0.15, 0.2) is 66.1 Å². The third kappa shape index (κ3) is 3.81.